The quantitative estimate of drug-likeness (QED) is 0.336. The molecule has 4 aliphatic rings. The number of halogens is 6. The molecule has 242 valence electrons. The first-order valence-electron chi connectivity index (χ1n) is 13.4. The number of anilines is 1. The number of nitrogens with two attached hydrogens (primary N) is 1. The summed E-state index contributed by atoms with van der Waals surface area (Å²) in [6.45, 7) is 0.262. The number of Topliss-reactive ketones (excluding diaryl/α,β-unsaturated/α-hetero) is 1. The molecule has 4 heterocycles. The summed E-state index contributed by atoms with van der Waals surface area (Å²) >= 11 is 5.28. The van der Waals surface area contributed by atoms with Crippen LogP contribution in [-0.4, -0.2) is 113 Å². The van der Waals surface area contributed by atoms with Crippen LogP contribution < -0.4 is 10.6 Å². The van der Waals surface area contributed by atoms with E-state index >= 15 is 0 Å². The van der Waals surface area contributed by atoms with Crippen molar-refractivity contribution in [3.63, 3.8) is 0 Å². The van der Waals surface area contributed by atoms with Crippen LogP contribution in [0.3, 0.4) is 0 Å². The maximum Gasteiger partial charge on any atom is 0.430 e. The van der Waals surface area contributed by atoms with Gasteiger partial charge in [0.05, 0.1) is 24.2 Å². The summed E-state index contributed by atoms with van der Waals surface area (Å²) in [5.74, 6) is -0.218. The Morgan fingerprint density at radius 1 is 1.05 bits per heavy atom. The van der Waals surface area contributed by atoms with Crippen LogP contribution in [0.2, 0.25) is 0 Å². The van der Waals surface area contributed by atoms with Crippen molar-refractivity contribution in [2.24, 2.45) is 5.73 Å². The third-order valence-corrected chi connectivity index (χ3v) is 10.6. The van der Waals surface area contributed by atoms with Gasteiger partial charge < -0.3 is 20.5 Å². The summed E-state index contributed by atoms with van der Waals surface area (Å²) in [5.41, 5.74) is -0.764. The molecule has 0 spiro atoms. The number of carbonyl (C=O) groups is 1. The average molecular weight is 671 g/mol. The SMILES string of the molecule is NC1=CCC(=S)C(S(=O)(=O)N2CCN(c3ncc(C(O)(C(F)(F)F)C(F)(F)F)cn3)[C@@H](CN3C4COCC3CC(=O)C4)C2)=C1. The molecule has 3 atom stereocenters. The van der Waals surface area contributed by atoms with Gasteiger partial charge >= 0.3 is 12.4 Å². The minimum absolute atomic E-state index is 0.0494. The zero-order valence-electron chi connectivity index (χ0n) is 22.9. The number of carbonyl (C=O) groups excluding carboxylic acids is 1. The summed E-state index contributed by atoms with van der Waals surface area (Å²) in [7, 11) is -4.15. The molecule has 5 rings (SSSR count). The smallest absolute Gasteiger partial charge is 0.399 e. The van der Waals surface area contributed by atoms with Crippen molar-refractivity contribution >= 4 is 38.8 Å². The fraction of sp³-hybridized carbons (Fsp3) is 0.600. The molecule has 44 heavy (non-hydrogen) atoms. The standard InChI is InChI=1S/C25H28F6N6O5S2/c26-24(27,28)23(39,25(29,30)31)14-8-33-22(34-9-14)36-4-3-35(44(40,41)21-5-15(32)1-2-20(21)43)10-18(36)11-37-16-6-19(38)7-17(37)13-42-12-16/h1,5,8-9,16-18,39H,2-4,6-7,10-13,32H2/t16?,17?,18-/m1/s1. The molecule has 3 fully saturated rings. The van der Waals surface area contributed by atoms with E-state index in [1.54, 1.807) is 6.08 Å². The van der Waals surface area contributed by atoms with Crippen molar-refractivity contribution in [1.29, 1.82) is 0 Å². The molecule has 3 N–H and O–H groups in total. The highest BCUT2D eigenvalue weighted by molar-refractivity contribution is 7.96. The number of piperidine rings is 1. The number of thiocarbonyl (C=S) groups is 1. The third-order valence-electron chi connectivity index (χ3n) is 8.20. The molecule has 0 aromatic carbocycles. The monoisotopic (exact) mass is 670 g/mol. The van der Waals surface area contributed by atoms with Gasteiger partial charge in [0.1, 0.15) is 5.78 Å². The number of hydrogen-bond acceptors (Lipinski definition) is 11. The third kappa shape index (κ3) is 5.84. The number of alkyl halides is 6. The Balaban J connectivity index is 1.48. The highest BCUT2D eigenvalue weighted by Crippen LogP contribution is 2.49. The van der Waals surface area contributed by atoms with Crippen LogP contribution in [0.15, 0.2) is 35.1 Å². The van der Waals surface area contributed by atoms with E-state index in [-0.39, 0.29) is 110 Å². The molecule has 0 radical (unpaired) electrons. The first-order chi connectivity index (χ1) is 20.4. The molecule has 0 amide bonds. The Morgan fingerprint density at radius 3 is 2.20 bits per heavy atom. The normalized spacial score (nSPS) is 26.4. The number of fused-ring (bicyclic) bond motifs is 2. The number of sulfonamides is 1. The van der Waals surface area contributed by atoms with Crippen LogP contribution in [-0.2, 0) is 25.2 Å². The molecule has 3 aliphatic heterocycles. The van der Waals surface area contributed by atoms with E-state index in [4.69, 9.17) is 22.7 Å². The maximum absolute atomic E-state index is 13.7. The predicted molar refractivity (Wildman–Crippen MR) is 147 cm³/mol. The number of rotatable bonds is 6. The van der Waals surface area contributed by atoms with Crippen molar-refractivity contribution in [2.45, 2.75) is 55.3 Å². The van der Waals surface area contributed by atoms with E-state index in [9.17, 15) is 44.7 Å². The van der Waals surface area contributed by atoms with Crippen LogP contribution in [0, 0.1) is 0 Å². The Hall–Kier alpha value is -2.71. The van der Waals surface area contributed by atoms with Crippen LogP contribution in [0.4, 0.5) is 32.3 Å². The van der Waals surface area contributed by atoms with Crippen molar-refractivity contribution < 1.29 is 49.4 Å². The molecule has 19 heteroatoms. The second kappa shape index (κ2) is 11.6. The summed E-state index contributed by atoms with van der Waals surface area (Å²) < 4.78 is 115. The van der Waals surface area contributed by atoms with Crippen LogP contribution in [0.1, 0.15) is 24.8 Å². The number of ether oxygens (including phenoxy) is 1. The lowest BCUT2D eigenvalue weighted by atomic mass is 9.92. The number of aromatic nitrogens is 2. The number of aliphatic hydroxyl groups is 1. The first kappa shape index (κ1) is 32.7. The van der Waals surface area contributed by atoms with Gasteiger partial charge in [-0.1, -0.05) is 18.3 Å². The largest absolute Gasteiger partial charge is 0.430 e. The highest BCUT2D eigenvalue weighted by Gasteiger charge is 2.71. The van der Waals surface area contributed by atoms with Crippen molar-refractivity contribution in [3.05, 3.63) is 40.7 Å². The summed E-state index contributed by atoms with van der Waals surface area (Å²) in [6, 6.07) is -1.37. The molecule has 1 aliphatic carbocycles. The van der Waals surface area contributed by atoms with Gasteiger partial charge in [-0.2, -0.15) is 30.6 Å². The lowest BCUT2D eigenvalue weighted by Gasteiger charge is -2.49. The van der Waals surface area contributed by atoms with E-state index in [0.717, 1.165) is 0 Å². The lowest BCUT2D eigenvalue weighted by Crippen LogP contribution is -2.64. The lowest BCUT2D eigenvalue weighted by molar-refractivity contribution is -0.376. The molecule has 1 aromatic heterocycles. The molecule has 2 unspecified atom stereocenters. The second-order valence-electron chi connectivity index (χ2n) is 11.0. The van der Waals surface area contributed by atoms with Gasteiger partial charge in [-0.05, 0) is 6.08 Å². The molecular formula is C25H28F6N6O5S2. The molecule has 11 nitrogen and oxygen atoms in total. The van der Waals surface area contributed by atoms with Gasteiger partial charge in [0.15, 0.2) is 0 Å². The van der Waals surface area contributed by atoms with Gasteiger partial charge in [-0.25, -0.2) is 18.4 Å². The fourth-order valence-electron chi connectivity index (χ4n) is 5.90. The summed E-state index contributed by atoms with van der Waals surface area (Å²) in [5, 5.41) is 9.74. The number of piperazine rings is 1. The summed E-state index contributed by atoms with van der Waals surface area (Å²) in [4.78, 5) is 23.3. The molecule has 3 saturated heterocycles. The Kier molecular flexibility index (Phi) is 8.60. The van der Waals surface area contributed by atoms with Crippen LogP contribution in [0.25, 0.3) is 0 Å². The number of allylic oxidation sites excluding steroid dienone is 3. The minimum Gasteiger partial charge on any atom is -0.399 e. The highest BCUT2D eigenvalue weighted by atomic mass is 32.2. The van der Waals surface area contributed by atoms with Crippen molar-refractivity contribution in [1.82, 2.24) is 19.2 Å². The van der Waals surface area contributed by atoms with Gasteiger partial charge in [0.25, 0.3) is 5.60 Å². The maximum atomic E-state index is 13.7. The Morgan fingerprint density at radius 2 is 1.64 bits per heavy atom. The van der Waals surface area contributed by atoms with Gasteiger partial charge in [0.2, 0.25) is 16.0 Å². The van der Waals surface area contributed by atoms with Crippen molar-refractivity contribution in [2.75, 3.05) is 44.3 Å². The fourth-order valence-corrected chi connectivity index (χ4v) is 7.98. The number of morpholine rings is 1. The average Bonchev–Trinajstić information content (AvgIpc) is 2.93. The van der Waals surface area contributed by atoms with E-state index in [1.165, 1.54) is 15.3 Å². The van der Waals surface area contributed by atoms with E-state index in [2.05, 4.69) is 9.97 Å². The topological polar surface area (TPSA) is 142 Å². The Labute approximate surface area is 253 Å². The van der Waals surface area contributed by atoms with Gasteiger partial charge in [-0.15, -0.1) is 0 Å². The zero-order valence-corrected chi connectivity index (χ0v) is 24.5. The molecular weight excluding hydrogens is 642 g/mol. The Bertz CT molecular complexity index is 1450. The van der Waals surface area contributed by atoms with Gasteiger partial charge in [-0.3, -0.25) is 9.69 Å². The number of hydrogen-bond donors (Lipinski definition) is 2. The summed E-state index contributed by atoms with van der Waals surface area (Å²) in [6.07, 6.45) is -8.30. The van der Waals surface area contributed by atoms with E-state index < -0.39 is 39.6 Å². The van der Waals surface area contributed by atoms with E-state index in [1.807, 2.05) is 4.90 Å². The molecule has 1 aromatic rings. The molecule has 0 saturated carbocycles. The van der Waals surface area contributed by atoms with E-state index in [0.29, 0.717) is 0 Å². The van der Waals surface area contributed by atoms with Crippen LogP contribution >= 0.6 is 12.2 Å². The predicted octanol–water partition coefficient (Wildman–Crippen LogP) is 1.54. The first-order valence-corrected chi connectivity index (χ1v) is 15.3. The second-order valence-corrected chi connectivity index (χ2v) is 13.4. The molecule has 2 bridgehead atoms. The minimum atomic E-state index is -6.11. The zero-order chi connectivity index (χ0) is 32.2. The van der Waals surface area contributed by atoms with Gasteiger partial charge in [0, 0.05) is 86.0 Å². The number of ketones is 1. The van der Waals surface area contributed by atoms with Crippen LogP contribution in [0.5, 0.6) is 0 Å². The number of nitrogens with zero attached hydrogens (tertiary/aromatic N) is 5. The van der Waals surface area contributed by atoms with Crippen molar-refractivity contribution in [3.8, 4) is 0 Å².